The Morgan fingerprint density at radius 3 is 1.38 bits per heavy atom. The number of carbonyl (C=O) groups is 4. The highest BCUT2D eigenvalue weighted by Crippen LogP contribution is 2.42. The number of benzene rings is 2. The number of carbonyl (C=O) groups excluding carboxylic acids is 4. The van der Waals surface area contributed by atoms with Crippen molar-refractivity contribution in [2.75, 3.05) is 49.9 Å². The highest BCUT2D eigenvalue weighted by molar-refractivity contribution is 6.33. The van der Waals surface area contributed by atoms with Crippen LogP contribution in [0, 0.1) is 11.8 Å². The van der Waals surface area contributed by atoms with Crippen LogP contribution in [0.4, 0.5) is 21.0 Å². The number of fused-ring (bicyclic) bond motifs is 2. The number of hydrogen-bond donors (Lipinski definition) is 8. The molecule has 0 fully saturated rings. The first-order valence-electron chi connectivity index (χ1n) is 15.3. The largest absolute Gasteiger partial charge is 0.507 e. The van der Waals surface area contributed by atoms with Gasteiger partial charge in [-0.1, -0.05) is 37.9 Å². The normalized spacial score (nSPS) is 12.9. The zero-order valence-electron chi connectivity index (χ0n) is 27.1. The molecule has 2 aromatic carbocycles. The molecule has 0 unspecified atom stereocenters. The zero-order valence-corrected chi connectivity index (χ0v) is 27.1. The van der Waals surface area contributed by atoms with E-state index in [0.29, 0.717) is 0 Å². The molecule has 3 rings (SSSR count). The van der Waals surface area contributed by atoms with Crippen molar-refractivity contribution in [2.24, 2.45) is 22.1 Å². The number of urea groups is 2. The van der Waals surface area contributed by atoms with E-state index in [4.69, 9.17) is 11.1 Å². The average molecular weight is 665 g/mol. The molecule has 0 bridgehead atoms. The fourth-order valence-electron chi connectivity index (χ4n) is 4.94. The number of rotatable bonds is 16. The van der Waals surface area contributed by atoms with Crippen LogP contribution in [0.2, 0.25) is 0 Å². The van der Waals surface area contributed by atoms with Gasteiger partial charge in [-0.2, -0.15) is 0 Å². The third-order valence-electron chi connectivity index (χ3n) is 7.65. The van der Waals surface area contributed by atoms with Crippen LogP contribution in [0.25, 0.3) is 20.9 Å². The minimum atomic E-state index is -0.695. The van der Waals surface area contributed by atoms with Gasteiger partial charge >= 0.3 is 12.1 Å². The van der Waals surface area contributed by atoms with Crippen molar-refractivity contribution >= 4 is 35.0 Å². The number of anilines is 2. The molecule has 256 valence electrons. The summed E-state index contributed by atoms with van der Waals surface area (Å²) in [6.45, 7) is 8.21. The quantitative estimate of drug-likeness (QED) is 0.0364. The first-order valence-corrected chi connectivity index (χ1v) is 15.3. The van der Waals surface area contributed by atoms with Crippen LogP contribution >= 0.6 is 0 Å². The number of azide groups is 2. The van der Waals surface area contributed by atoms with Crippen molar-refractivity contribution in [3.05, 3.63) is 67.4 Å². The zero-order chi connectivity index (χ0) is 35.4. The van der Waals surface area contributed by atoms with Crippen molar-refractivity contribution in [1.82, 2.24) is 21.3 Å². The molecule has 2 atom stereocenters. The Kier molecular flexibility index (Phi) is 13.1. The van der Waals surface area contributed by atoms with Gasteiger partial charge in [-0.3, -0.25) is 9.59 Å². The van der Waals surface area contributed by atoms with Gasteiger partial charge in [0.15, 0.2) is 0 Å². The maximum atomic E-state index is 13.8. The third kappa shape index (κ3) is 9.11. The first kappa shape index (κ1) is 36.6. The molecule has 4 amide bonds. The van der Waals surface area contributed by atoms with E-state index in [-0.39, 0.29) is 96.8 Å². The van der Waals surface area contributed by atoms with E-state index in [1.807, 2.05) is 27.7 Å². The van der Waals surface area contributed by atoms with Crippen molar-refractivity contribution in [3.8, 4) is 11.5 Å². The van der Waals surface area contributed by atoms with Gasteiger partial charge in [0, 0.05) is 72.6 Å². The summed E-state index contributed by atoms with van der Waals surface area (Å²) in [6, 6.07) is 3.67. The van der Waals surface area contributed by atoms with Crippen LogP contribution in [0.3, 0.4) is 0 Å². The number of phenolic OH excluding ortho intramolecular Hbond substituents is 2. The van der Waals surface area contributed by atoms with E-state index < -0.39 is 35.1 Å². The monoisotopic (exact) mass is 664 g/mol. The van der Waals surface area contributed by atoms with Gasteiger partial charge in [0.25, 0.3) is 0 Å². The Morgan fingerprint density at radius 1 is 0.667 bits per heavy atom. The van der Waals surface area contributed by atoms with Gasteiger partial charge < -0.3 is 42.1 Å². The van der Waals surface area contributed by atoms with E-state index in [9.17, 15) is 29.4 Å². The van der Waals surface area contributed by atoms with E-state index in [0.717, 1.165) is 12.1 Å². The molecule has 0 aliphatic heterocycles. The van der Waals surface area contributed by atoms with Crippen LogP contribution in [-0.4, -0.2) is 85.2 Å². The number of aromatic hydroxyl groups is 2. The minimum Gasteiger partial charge on any atom is -0.507 e. The Labute approximate surface area is 276 Å². The Balaban J connectivity index is 1.76. The number of nitrogens with one attached hydrogen (secondary N) is 6. The summed E-state index contributed by atoms with van der Waals surface area (Å²) in [5, 5.41) is 45.0. The van der Waals surface area contributed by atoms with Gasteiger partial charge in [0.2, 0.25) is 11.6 Å². The standard InChI is InChI=1S/C30H40N12O6/c1-15(2)19(13-37-41-31)39-29(47)35-11-9-33-17-5-6-18(34-10-12-36-30(48)40-20(16(3)4)14-38-42-32)24-23(17)27(45)25-21(43)7-8-22(44)26(25)28(24)46/h5-8,15-16,19-20,33-34,43-44H,9-14H2,1-4H3,(H2,35,39,47)(H2,36,40,48)/t19-,20-/m1/s1. The predicted octanol–water partition coefficient (Wildman–Crippen LogP) is 3.97. The lowest BCUT2D eigenvalue weighted by atomic mass is 9.81. The molecule has 2 aromatic rings. The van der Waals surface area contributed by atoms with Crippen LogP contribution < -0.4 is 31.9 Å². The summed E-state index contributed by atoms with van der Waals surface area (Å²) in [5.74, 6) is -2.29. The highest BCUT2D eigenvalue weighted by Gasteiger charge is 2.38. The second-order valence-electron chi connectivity index (χ2n) is 11.6. The van der Waals surface area contributed by atoms with E-state index in [1.54, 1.807) is 12.1 Å². The van der Waals surface area contributed by atoms with E-state index in [2.05, 4.69) is 52.0 Å². The lowest BCUT2D eigenvalue weighted by molar-refractivity contribution is 0.0975. The van der Waals surface area contributed by atoms with Gasteiger partial charge in [0.05, 0.1) is 22.3 Å². The number of hydrogen-bond acceptors (Lipinski definition) is 10. The maximum Gasteiger partial charge on any atom is 0.315 e. The van der Waals surface area contributed by atoms with E-state index >= 15 is 0 Å². The van der Waals surface area contributed by atoms with Gasteiger partial charge in [0.1, 0.15) is 11.5 Å². The summed E-state index contributed by atoms with van der Waals surface area (Å²) >= 11 is 0. The number of phenols is 2. The highest BCUT2D eigenvalue weighted by atomic mass is 16.3. The molecular weight excluding hydrogens is 624 g/mol. The Bertz CT molecular complexity index is 1510. The van der Waals surface area contributed by atoms with E-state index in [1.165, 1.54) is 0 Å². The fourth-order valence-corrected chi connectivity index (χ4v) is 4.94. The molecule has 0 heterocycles. The summed E-state index contributed by atoms with van der Waals surface area (Å²) in [6.07, 6.45) is 0. The lowest BCUT2D eigenvalue weighted by Crippen LogP contribution is -2.47. The molecule has 0 saturated heterocycles. The molecule has 18 nitrogen and oxygen atoms in total. The SMILES string of the molecule is CC(C)[C@@H](CN=[N+]=[N-])NC(=O)NCCNc1ccc(NCCNC(=O)N[C@H](CN=[N+]=[N-])C(C)C)c2c1C(=O)c1c(O)ccc(O)c1C2=O. The van der Waals surface area contributed by atoms with Gasteiger partial charge in [-0.25, -0.2) is 9.59 Å². The Morgan fingerprint density at radius 2 is 1.04 bits per heavy atom. The van der Waals surface area contributed by atoms with Crippen molar-refractivity contribution < 1.29 is 29.4 Å². The number of amides is 4. The summed E-state index contributed by atoms with van der Waals surface area (Å²) in [4.78, 5) is 57.8. The second kappa shape index (κ2) is 17.2. The van der Waals surface area contributed by atoms with Crippen molar-refractivity contribution in [3.63, 3.8) is 0 Å². The average Bonchev–Trinajstić information content (AvgIpc) is 3.04. The van der Waals surface area contributed by atoms with Crippen molar-refractivity contribution in [1.29, 1.82) is 0 Å². The molecule has 0 radical (unpaired) electrons. The minimum absolute atomic E-state index is 0.0147. The molecule has 1 aliphatic carbocycles. The molecule has 0 aromatic heterocycles. The lowest BCUT2D eigenvalue weighted by Gasteiger charge is -2.25. The molecule has 0 spiro atoms. The molecule has 8 N–H and O–H groups in total. The molecule has 1 aliphatic rings. The maximum absolute atomic E-state index is 13.8. The van der Waals surface area contributed by atoms with Crippen molar-refractivity contribution in [2.45, 2.75) is 39.8 Å². The summed E-state index contributed by atoms with van der Waals surface area (Å²) in [7, 11) is 0. The third-order valence-corrected chi connectivity index (χ3v) is 7.65. The molecule has 18 heteroatoms. The predicted molar refractivity (Wildman–Crippen MR) is 178 cm³/mol. The van der Waals surface area contributed by atoms with Crippen LogP contribution in [0.1, 0.15) is 59.5 Å². The molecule has 48 heavy (non-hydrogen) atoms. The smallest absolute Gasteiger partial charge is 0.315 e. The Hall–Kier alpha value is -5.86. The molecular formula is C30H40N12O6. The number of nitrogens with zero attached hydrogens (tertiary/aromatic N) is 6. The van der Waals surface area contributed by atoms with Crippen LogP contribution in [0.15, 0.2) is 34.5 Å². The number of ketones is 2. The van der Waals surface area contributed by atoms with Crippen LogP contribution in [0.5, 0.6) is 11.5 Å². The summed E-state index contributed by atoms with van der Waals surface area (Å²) in [5.41, 5.74) is 16.9. The van der Waals surface area contributed by atoms with Crippen LogP contribution in [-0.2, 0) is 0 Å². The first-order chi connectivity index (χ1) is 22.9. The second-order valence-corrected chi connectivity index (χ2v) is 11.6. The summed E-state index contributed by atoms with van der Waals surface area (Å²) < 4.78 is 0. The fraction of sp³-hybridized carbons (Fsp3) is 0.467. The molecule has 0 saturated carbocycles. The van der Waals surface area contributed by atoms with Gasteiger partial charge in [-0.15, -0.1) is 0 Å². The van der Waals surface area contributed by atoms with Gasteiger partial charge in [-0.05, 0) is 47.2 Å². The topological polar surface area (TPSA) is 278 Å².